The second kappa shape index (κ2) is 8.84. The highest BCUT2D eigenvalue weighted by Gasteiger charge is 2.20. The van der Waals surface area contributed by atoms with Crippen LogP contribution in [-0.2, 0) is 9.59 Å². The van der Waals surface area contributed by atoms with E-state index in [0.29, 0.717) is 11.0 Å². The van der Waals surface area contributed by atoms with Crippen LogP contribution in [0.2, 0.25) is 0 Å². The van der Waals surface area contributed by atoms with Crippen molar-refractivity contribution in [3.63, 3.8) is 0 Å². The quantitative estimate of drug-likeness (QED) is 0.795. The molecule has 2 amide bonds. The number of amides is 2. The van der Waals surface area contributed by atoms with Gasteiger partial charge in [0.05, 0.1) is 5.69 Å². The Balaban J connectivity index is 1.44. The molecule has 1 heterocycles. The molecule has 0 radical (unpaired) electrons. The molecule has 138 valence electrons. The van der Waals surface area contributed by atoms with Crippen molar-refractivity contribution < 1.29 is 14.0 Å². The van der Waals surface area contributed by atoms with Gasteiger partial charge in [0.15, 0.2) is 0 Å². The minimum atomic E-state index is -0.505. The third-order valence-electron chi connectivity index (χ3n) is 4.37. The van der Waals surface area contributed by atoms with Crippen LogP contribution >= 0.6 is 11.3 Å². The Kier molecular flexibility index (Phi) is 6.27. The zero-order chi connectivity index (χ0) is 18.4. The summed E-state index contributed by atoms with van der Waals surface area (Å²) in [6.07, 6.45) is 5.91. The number of para-hydroxylation sites is 1. The van der Waals surface area contributed by atoms with Gasteiger partial charge in [0, 0.05) is 18.8 Å². The topological polar surface area (TPSA) is 84.0 Å². The van der Waals surface area contributed by atoms with E-state index >= 15 is 0 Å². The lowest BCUT2D eigenvalue weighted by Crippen LogP contribution is -2.17. The van der Waals surface area contributed by atoms with Crippen LogP contribution in [0.15, 0.2) is 24.3 Å². The maximum Gasteiger partial charge on any atom is 0.226 e. The number of benzene rings is 1. The predicted octanol–water partition coefficient (Wildman–Crippen LogP) is 4.08. The first-order valence-corrected chi connectivity index (χ1v) is 9.61. The van der Waals surface area contributed by atoms with E-state index in [1.54, 1.807) is 12.1 Å². The number of nitrogens with zero attached hydrogens (tertiary/aromatic N) is 2. The van der Waals surface area contributed by atoms with Crippen molar-refractivity contribution in [3.8, 4) is 0 Å². The molecular weight excluding hydrogens is 355 g/mol. The molecule has 1 aliphatic rings. The third kappa shape index (κ3) is 5.08. The van der Waals surface area contributed by atoms with E-state index in [1.807, 2.05) is 0 Å². The maximum absolute atomic E-state index is 13.5. The SMILES string of the molecule is O=C(CCC(=O)Nc1ccccc1F)Nc1nnc(C2CCCCC2)s1. The number of hydrogen-bond donors (Lipinski definition) is 2. The lowest BCUT2D eigenvalue weighted by Gasteiger charge is -2.18. The maximum atomic E-state index is 13.5. The fourth-order valence-electron chi connectivity index (χ4n) is 2.98. The summed E-state index contributed by atoms with van der Waals surface area (Å²) in [6, 6.07) is 5.91. The molecule has 1 saturated carbocycles. The highest BCUT2D eigenvalue weighted by molar-refractivity contribution is 7.15. The molecule has 1 fully saturated rings. The van der Waals surface area contributed by atoms with Crippen LogP contribution in [-0.4, -0.2) is 22.0 Å². The highest BCUT2D eigenvalue weighted by Crippen LogP contribution is 2.35. The second-order valence-electron chi connectivity index (χ2n) is 6.36. The van der Waals surface area contributed by atoms with Gasteiger partial charge in [-0.3, -0.25) is 9.59 Å². The minimum Gasteiger partial charge on any atom is -0.324 e. The molecule has 0 aliphatic heterocycles. The average molecular weight is 376 g/mol. The monoisotopic (exact) mass is 376 g/mol. The predicted molar refractivity (Wildman–Crippen MR) is 98.6 cm³/mol. The average Bonchev–Trinajstić information content (AvgIpc) is 3.11. The number of hydrogen-bond acceptors (Lipinski definition) is 5. The molecule has 0 atom stereocenters. The van der Waals surface area contributed by atoms with E-state index < -0.39 is 11.7 Å². The van der Waals surface area contributed by atoms with Crippen LogP contribution in [0.4, 0.5) is 15.2 Å². The van der Waals surface area contributed by atoms with Crippen LogP contribution in [0, 0.1) is 5.82 Å². The summed E-state index contributed by atoms with van der Waals surface area (Å²) in [4.78, 5) is 23.8. The molecule has 2 aromatic rings. The third-order valence-corrected chi connectivity index (χ3v) is 5.37. The molecule has 0 unspecified atom stereocenters. The number of aromatic nitrogens is 2. The summed E-state index contributed by atoms with van der Waals surface area (Å²) in [7, 11) is 0. The van der Waals surface area contributed by atoms with Crippen LogP contribution in [0.3, 0.4) is 0 Å². The Hall–Kier alpha value is -2.35. The van der Waals surface area contributed by atoms with Gasteiger partial charge < -0.3 is 10.6 Å². The molecule has 6 nitrogen and oxygen atoms in total. The van der Waals surface area contributed by atoms with Crippen LogP contribution in [0.25, 0.3) is 0 Å². The van der Waals surface area contributed by atoms with E-state index in [4.69, 9.17) is 0 Å². The number of rotatable bonds is 6. The highest BCUT2D eigenvalue weighted by atomic mass is 32.1. The lowest BCUT2D eigenvalue weighted by atomic mass is 9.90. The number of carbonyl (C=O) groups excluding carboxylic acids is 2. The van der Waals surface area contributed by atoms with Gasteiger partial charge in [-0.15, -0.1) is 10.2 Å². The molecule has 0 bridgehead atoms. The van der Waals surface area contributed by atoms with Crippen LogP contribution in [0.5, 0.6) is 0 Å². The number of carbonyl (C=O) groups is 2. The zero-order valence-corrected chi connectivity index (χ0v) is 15.2. The second-order valence-corrected chi connectivity index (χ2v) is 7.37. The summed E-state index contributed by atoms with van der Waals surface area (Å²) < 4.78 is 13.5. The van der Waals surface area contributed by atoms with Gasteiger partial charge in [-0.05, 0) is 25.0 Å². The molecule has 0 saturated heterocycles. The van der Waals surface area contributed by atoms with Gasteiger partial charge in [0.25, 0.3) is 0 Å². The molecule has 1 aromatic heterocycles. The Morgan fingerprint density at radius 3 is 2.46 bits per heavy atom. The first-order chi connectivity index (χ1) is 12.6. The smallest absolute Gasteiger partial charge is 0.226 e. The lowest BCUT2D eigenvalue weighted by molar-refractivity contribution is -0.121. The van der Waals surface area contributed by atoms with Crippen molar-refractivity contribution in [2.75, 3.05) is 10.6 Å². The Morgan fingerprint density at radius 2 is 1.73 bits per heavy atom. The van der Waals surface area contributed by atoms with E-state index in [2.05, 4.69) is 20.8 Å². The van der Waals surface area contributed by atoms with Gasteiger partial charge in [-0.2, -0.15) is 0 Å². The summed E-state index contributed by atoms with van der Waals surface area (Å²) >= 11 is 1.40. The molecule has 8 heteroatoms. The first kappa shape index (κ1) is 18.4. The zero-order valence-electron chi connectivity index (χ0n) is 14.3. The van der Waals surface area contributed by atoms with Crippen molar-refractivity contribution in [2.45, 2.75) is 50.9 Å². The molecule has 1 aromatic carbocycles. The van der Waals surface area contributed by atoms with E-state index in [-0.39, 0.29) is 24.4 Å². The van der Waals surface area contributed by atoms with Crippen molar-refractivity contribution >= 4 is 34.0 Å². The van der Waals surface area contributed by atoms with Crippen LogP contribution < -0.4 is 10.6 Å². The minimum absolute atomic E-state index is 0.00136. The first-order valence-electron chi connectivity index (χ1n) is 8.79. The van der Waals surface area contributed by atoms with Crippen molar-refractivity contribution in [2.24, 2.45) is 0 Å². The van der Waals surface area contributed by atoms with Gasteiger partial charge >= 0.3 is 0 Å². The Labute approximate surface area is 155 Å². The normalized spacial score (nSPS) is 14.8. The molecule has 26 heavy (non-hydrogen) atoms. The van der Waals surface area contributed by atoms with Crippen molar-refractivity contribution in [1.29, 1.82) is 0 Å². The van der Waals surface area contributed by atoms with Crippen LogP contribution in [0.1, 0.15) is 55.9 Å². The van der Waals surface area contributed by atoms with Crippen molar-refractivity contribution in [3.05, 3.63) is 35.1 Å². The summed E-state index contributed by atoms with van der Waals surface area (Å²) in [5.41, 5.74) is 0.110. The summed E-state index contributed by atoms with van der Waals surface area (Å²) in [6.45, 7) is 0. The number of nitrogens with one attached hydrogen (secondary N) is 2. The van der Waals surface area contributed by atoms with E-state index in [0.717, 1.165) is 17.8 Å². The molecule has 1 aliphatic carbocycles. The van der Waals surface area contributed by atoms with E-state index in [9.17, 15) is 14.0 Å². The van der Waals surface area contributed by atoms with Gasteiger partial charge in [0.2, 0.25) is 16.9 Å². The molecule has 0 spiro atoms. The largest absolute Gasteiger partial charge is 0.324 e. The Bertz CT molecular complexity index is 774. The summed E-state index contributed by atoms with van der Waals surface area (Å²) in [5.74, 6) is -0.779. The number of halogens is 1. The fraction of sp³-hybridized carbons (Fsp3) is 0.444. The van der Waals surface area contributed by atoms with Gasteiger partial charge in [-0.25, -0.2) is 4.39 Å². The standard InChI is InChI=1S/C18H21FN4O2S/c19-13-8-4-5-9-14(13)20-15(24)10-11-16(25)21-18-23-22-17(26-18)12-6-2-1-3-7-12/h4-5,8-9,12H,1-3,6-7,10-11H2,(H,20,24)(H,21,23,25). The number of anilines is 2. The molecule has 3 rings (SSSR count). The van der Waals surface area contributed by atoms with Crippen molar-refractivity contribution in [1.82, 2.24) is 10.2 Å². The van der Waals surface area contributed by atoms with Gasteiger partial charge in [0.1, 0.15) is 10.8 Å². The van der Waals surface area contributed by atoms with Gasteiger partial charge in [-0.1, -0.05) is 42.7 Å². The van der Waals surface area contributed by atoms with E-state index in [1.165, 1.54) is 42.7 Å². The molecular formula is C18H21FN4O2S. The Morgan fingerprint density at radius 1 is 1.04 bits per heavy atom. The fourth-order valence-corrected chi connectivity index (χ4v) is 3.91. The summed E-state index contributed by atoms with van der Waals surface area (Å²) in [5, 5.41) is 14.8. The molecule has 2 N–H and O–H groups in total.